The highest BCUT2D eigenvalue weighted by molar-refractivity contribution is 4.82. The van der Waals surface area contributed by atoms with Gasteiger partial charge in [-0.15, -0.1) is 0 Å². The van der Waals surface area contributed by atoms with Crippen molar-refractivity contribution in [2.75, 3.05) is 19.6 Å². The molecule has 0 heterocycles. The molecular weight excluding hydrogens is 220 g/mol. The zero-order chi connectivity index (χ0) is 14.3. The zero-order valence-electron chi connectivity index (χ0n) is 14.0. The molecule has 0 saturated heterocycles. The molecule has 0 aliphatic heterocycles. The molecule has 0 fully saturated rings. The molecule has 0 spiro atoms. The van der Waals surface area contributed by atoms with Crippen LogP contribution in [0, 0.1) is 11.3 Å². The van der Waals surface area contributed by atoms with E-state index < -0.39 is 0 Å². The molecule has 0 aromatic carbocycles. The Hall–Kier alpha value is -0.0800. The van der Waals surface area contributed by atoms with Gasteiger partial charge >= 0.3 is 0 Å². The van der Waals surface area contributed by atoms with Gasteiger partial charge in [-0.05, 0) is 31.6 Å². The van der Waals surface area contributed by atoms with Crippen LogP contribution in [0.2, 0.25) is 0 Å². The average molecular weight is 256 g/mol. The van der Waals surface area contributed by atoms with Crippen LogP contribution in [0.15, 0.2) is 0 Å². The van der Waals surface area contributed by atoms with Crippen LogP contribution in [0.1, 0.15) is 61.8 Å². The van der Waals surface area contributed by atoms with Crippen molar-refractivity contribution in [3.63, 3.8) is 0 Å². The summed E-state index contributed by atoms with van der Waals surface area (Å²) in [4.78, 5) is 2.64. The Balaban J connectivity index is 4.52. The third-order valence-corrected chi connectivity index (χ3v) is 3.71. The third kappa shape index (κ3) is 7.38. The molecule has 18 heavy (non-hydrogen) atoms. The zero-order valence-corrected chi connectivity index (χ0v) is 14.0. The van der Waals surface area contributed by atoms with E-state index in [1.165, 1.54) is 19.5 Å². The van der Waals surface area contributed by atoms with Crippen molar-refractivity contribution in [2.24, 2.45) is 11.3 Å². The normalized spacial score (nSPS) is 16.0. The summed E-state index contributed by atoms with van der Waals surface area (Å²) in [5, 5.41) is 3.61. The third-order valence-electron chi connectivity index (χ3n) is 3.71. The Bertz CT molecular complexity index is 211. The SMILES string of the molecule is CCC(C)(CNC(C)C)CN(CC(C)C)C(C)C. The fourth-order valence-electron chi connectivity index (χ4n) is 2.16. The van der Waals surface area contributed by atoms with Crippen LogP contribution in [-0.4, -0.2) is 36.6 Å². The Kier molecular flexibility index (Phi) is 8.13. The van der Waals surface area contributed by atoms with E-state index in [1.807, 2.05) is 0 Å². The summed E-state index contributed by atoms with van der Waals surface area (Å²) in [6.45, 7) is 21.9. The maximum Gasteiger partial charge on any atom is 0.00502 e. The molecule has 0 amide bonds. The molecule has 0 rings (SSSR count). The van der Waals surface area contributed by atoms with Crippen LogP contribution in [-0.2, 0) is 0 Å². The fourth-order valence-corrected chi connectivity index (χ4v) is 2.16. The standard InChI is InChI=1S/C16H36N2/c1-9-16(8,11-17-14(4)5)12-18(15(6)7)10-13(2)3/h13-15,17H,9-12H2,1-8H3. The van der Waals surface area contributed by atoms with Crippen molar-refractivity contribution in [1.82, 2.24) is 10.2 Å². The lowest BCUT2D eigenvalue weighted by Gasteiger charge is -2.38. The van der Waals surface area contributed by atoms with Crippen LogP contribution in [0.5, 0.6) is 0 Å². The van der Waals surface area contributed by atoms with Crippen LogP contribution >= 0.6 is 0 Å². The van der Waals surface area contributed by atoms with Crippen molar-refractivity contribution in [2.45, 2.75) is 73.9 Å². The van der Waals surface area contributed by atoms with E-state index in [-0.39, 0.29) is 0 Å². The Labute approximate surface area is 116 Å². The number of nitrogens with zero attached hydrogens (tertiary/aromatic N) is 1. The van der Waals surface area contributed by atoms with Crippen molar-refractivity contribution in [1.29, 1.82) is 0 Å². The van der Waals surface area contributed by atoms with Gasteiger partial charge in [0.05, 0.1) is 0 Å². The summed E-state index contributed by atoms with van der Waals surface area (Å²) in [5.41, 5.74) is 0.378. The van der Waals surface area contributed by atoms with Crippen molar-refractivity contribution in [3.05, 3.63) is 0 Å². The summed E-state index contributed by atoms with van der Waals surface area (Å²) in [6.07, 6.45) is 1.23. The van der Waals surface area contributed by atoms with Crippen molar-refractivity contribution >= 4 is 0 Å². The van der Waals surface area contributed by atoms with Crippen LogP contribution in [0.25, 0.3) is 0 Å². The Morgan fingerprint density at radius 2 is 1.61 bits per heavy atom. The highest BCUT2D eigenvalue weighted by atomic mass is 15.2. The molecule has 0 aromatic heterocycles. The molecular formula is C16H36N2. The van der Waals surface area contributed by atoms with E-state index in [0.717, 1.165) is 12.5 Å². The second kappa shape index (κ2) is 8.16. The fraction of sp³-hybridized carbons (Fsp3) is 1.00. The van der Waals surface area contributed by atoms with E-state index >= 15 is 0 Å². The molecule has 0 aliphatic rings. The van der Waals surface area contributed by atoms with Crippen LogP contribution in [0.3, 0.4) is 0 Å². The van der Waals surface area contributed by atoms with Crippen molar-refractivity contribution in [3.8, 4) is 0 Å². The monoisotopic (exact) mass is 256 g/mol. The lowest BCUT2D eigenvalue weighted by Crippen LogP contribution is -2.46. The molecule has 1 N–H and O–H groups in total. The molecule has 0 radical (unpaired) electrons. The molecule has 2 heteroatoms. The first-order chi connectivity index (χ1) is 8.20. The molecule has 0 aromatic rings. The highest BCUT2D eigenvalue weighted by Gasteiger charge is 2.26. The number of hydrogen-bond donors (Lipinski definition) is 1. The molecule has 0 saturated carbocycles. The number of rotatable bonds is 9. The topological polar surface area (TPSA) is 15.3 Å². The van der Waals surface area contributed by atoms with Gasteiger partial charge in [0.1, 0.15) is 0 Å². The van der Waals surface area contributed by atoms with Gasteiger partial charge in [-0.1, -0.05) is 41.5 Å². The summed E-state index contributed by atoms with van der Waals surface area (Å²) in [7, 11) is 0. The number of hydrogen-bond acceptors (Lipinski definition) is 2. The predicted molar refractivity (Wildman–Crippen MR) is 83.1 cm³/mol. The molecule has 0 aliphatic carbocycles. The van der Waals surface area contributed by atoms with E-state index in [2.05, 4.69) is 65.6 Å². The largest absolute Gasteiger partial charge is 0.314 e. The predicted octanol–water partition coefficient (Wildman–Crippen LogP) is 3.77. The van der Waals surface area contributed by atoms with Gasteiger partial charge in [-0.25, -0.2) is 0 Å². The first-order valence-corrected chi connectivity index (χ1v) is 7.67. The minimum atomic E-state index is 0.378. The van der Waals surface area contributed by atoms with E-state index in [9.17, 15) is 0 Å². The van der Waals surface area contributed by atoms with Gasteiger partial charge in [-0.2, -0.15) is 0 Å². The minimum Gasteiger partial charge on any atom is -0.314 e. The highest BCUT2D eigenvalue weighted by Crippen LogP contribution is 2.23. The van der Waals surface area contributed by atoms with E-state index in [1.54, 1.807) is 0 Å². The van der Waals surface area contributed by atoms with Gasteiger partial charge in [-0.3, -0.25) is 0 Å². The van der Waals surface area contributed by atoms with Gasteiger partial charge in [0, 0.05) is 31.7 Å². The minimum absolute atomic E-state index is 0.378. The van der Waals surface area contributed by atoms with Gasteiger partial charge in [0.2, 0.25) is 0 Å². The van der Waals surface area contributed by atoms with Crippen LogP contribution < -0.4 is 5.32 Å². The quantitative estimate of drug-likeness (QED) is 0.675. The summed E-state index contributed by atoms with van der Waals surface area (Å²) in [5.74, 6) is 0.742. The molecule has 1 unspecified atom stereocenters. The van der Waals surface area contributed by atoms with Gasteiger partial charge < -0.3 is 10.2 Å². The first-order valence-electron chi connectivity index (χ1n) is 7.67. The second-order valence-corrected chi connectivity index (χ2v) is 7.12. The smallest absolute Gasteiger partial charge is 0.00502 e. The van der Waals surface area contributed by atoms with E-state index in [4.69, 9.17) is 0 Å². The van der Waals surface area contributed by atoms with Crippen LogP contribution in [0.4, 0.5) is 0 Å². The van der Waals surface area contributed by atoms with Gasteiger partial charge in [0.25, 0.3) is 0 Å². The maximum atomic E-state index is 3.61. The average Bonchev–Trinajstić information content (AvgIpc) is 2.25. The molecule has 2 nitrogen and oxygen atoms in total. The lowest BCUT2D eigenvalue weighted by atomic mass is 9.86. The molecule has 0 bridgehead atoms. The Morgan fingerprint density at radius 1 is 1.06 bits per heavy atom. The summed E-state index contributed by atoms with van der Waals surface area (Å²) < 4.78 is 0. The lowest BCUT2D eigenvalue weighted by molar-refractivity contribution is 0.113. The first kappa shape index (κ1) is 17.9. The molecule has 110 valence electrons. The van der Waals surface area contributed by atoms with Crippen molar-refractivity contribution < 1.29 is 0 Å². The maximum absolute atomic E-state index is 3.61. The Morgan fingerprint density at radius 3 is 1.94 bits per heavy atom. The summed E-state index contributed by atoms with van der Waals surface area (Å²) >= 11 is 0. The molecule has 1 atom stereocenters. The van der Waals surface area contributed by atoms with E-state index in [0.29, 0.717) is 17.5 Å². The number of nitrogens with one attached hydrogen (secondary N) is 1. The summed E-state index contributed by atoms with van der Waals surface area (Å²) in [6, 6.07) is 1.21. The second-order valence-electron chi connectivity index (χ2n) is 7.12. The van der Waals surface area contributed by atoms with Gasteiger partial charge in [0.15, 0.2) is 0 Å².